The lowest BCUT2D eigenvalue weighted by molar-refractivity contribution is 0.633. The van der Waals surface area contributed by atoms with Crippen molar-refractivity contribution < 1.29 is 4.39 Å². The summed E-state index contributed by atoms with van der Waals surface area (Å²) in [7, 11) is 1.79. The summed E-state index contributed by atoms with van der Waals surface area (Å²) < 4.78 is 17.1. The fourth-order valence-electron chi connectivity index (χ4n) is 3.49. The minimum absolute atomic E-state index is 0.329. The second-order valence-corrected chi connectivity index (χ2v) is 8.14. The Morgan fingerprint density at radius 3 is 2.85 bits per heavy atom. The van der Waals surface area contributed by atoms with Crippen molar-refractivity contribution in [2.24, 2.45) is 7.05 Å². The topological polar surface area (TPSA) is 42.7 Å². The molecule has 0 fully saturated rings. The highest BCUT2D eigenvalue weighted by Gasteiger charge is 2.15. The van der Waals surface area contributed by atoms with E-state index in [4.69, 9.17) is 16.6 Å². The predicted octanol–water partition coefficient (Wildman–Crippen LogP) is 5.02. The summed E-state index contributed by atoms with van der Waals surface area (Å²) >= 11 is 8.17. The maximum Gasteiger partial charge on any atom is 0.151 e. The molecule has 4 aromatic rings. The molecule has 136 valence electrons. The second kappa shape index (κ2) is 6.41. The summed E-state index contributed by atoms with van der Waals surface area (Å²) in [6.07, 6.45) is 4.96. The van der Waals surface area contributed by atoms with Crippen LogP contribution in [0, 0.1) is 5.82 Å². The second-order valence-electron chi connectivity index (χ2n) is 6.71. The van der Waals surface area contributed by atoms with E-state index in [1.54, 1.807) is 23.1 Å². The number of aromatic nitrogens is 3. The molecule has 0 radical (unpaired) electrons. The minimum Gasteiger partial charge on any atom is -0.313 e. The van der Waals surface area contributed by atoms with Crippen LogP contribution in [0.3, 0.4) is 0 Å². The smallest absolute Gasteiger partial charge is 0.151 e. The number of halogens is 2. The van der Waals surface area contributed by atoms with Gasteiger partial charge in [0.25, 0.3) is 0 Å². The van der Waals surface area contributed by atoms with E-state index in [0.29, 0.717) is 10.5 Å². The van der Waals surface area contributed by atoms with Gasteiger partial charge in [-0.05, 0) is 53.9 Å². The highest BCUT2D eigenvalue weighted by Crippen LogP contribution is 2.37. The molecule has 3 heterocycles. The van der Waals surface area contributed by atoms with Crippen LogP contribution >= 0.6 is 22.9 Å². The summed E-state index contributed by atoms with van der Waals surface area (Å²) in [6, 6.07) is 7.37. The zero-order chi connectivity index (χ0) is 18.5. The SMILES string of the molecule is Cn1cc2cc(-c3cc(Cl)c4nc(C5=CCNCC5)sc4c3)cc(F)c2n1. The van der Waals surface area contributed by atoms with E-state index in [1.165, 1.54) is 11.6 Å². The summed E-state index contributed by atoms with van der Waals surface area (Å²) in [5, 5.41) is 9.85. The van der Waals surface area contributed by atoms with Gasteiger partial charge < -0.3 is 5.32 Å². The van der Waals surface area contributed by atoms with Gasteiger partial charge in [0.1, 0.15) is 16.0 Å². The van der Waals surface area contributed by atoms with E-state index in [0.717, 1.165) is 51.2 Å². The van der Waals surface area contributed by atoms with Crippen LogP contribution in [-0.4, -0.2) is 27.9 Å². The lowest BCUT2D eigenvalue weighted by atomic mass is 10.0. The average molecular weight is 399 g/mol. The molecule has 2 aromatic heterocycles. The van der Waals surface area contributed by atoms with Crippen molar-refractivity contribution in [1.29, 1.82) is 0 Å². The Morgan fingerprint density at radius 2 is 2.04 bits per heavy atom. The van der Waals surface area contributed by atoms with Crippen molar-refractivity contribution in [3.8, 4) is 11.1 Å². The first-order valence-electron chi connectivity index (χ1n) is 8.72. The van der Waals surface area contributed by atoms with Crippen molar-refractivity contribution in [2.75, 3.05) is 13.1 Å². The van der Waals surface area contributed by atoms with Crippen LogP contribution in [0.4, 0.5) is 4.39 Å². The number of fused-ring (bicyclic) bond motifs is 2. The van der Waals surface area contributed by atoms with E-state index >= 15 is 0 Å². The third-order valence-corrected chi connectivity index (χ3v) is 6.16. The average Bonchev–Trinajstić information content (AvgIpc) is 3.26. The molecule has 1 aliphatic heterocycles. The van der Waals surface area contributed by atoms with Crippen LogP contribution in [0.2, 0.25) is 5.02 Å². The van der Waals surface area contributed by atoms with Crippen molar-refractivity contribution in [3.63, 3.8) is 0 Å². The van der Waals surface area contributed by atoms with Crippen LogP contribution in [0.25, 0.3) is 37.8 Å². The fourth-order valence-corrected chi connectivity index (χ4v) is 4.91. The van der Waals surface area contributed by atoms with Gasteiger partial charge in [-0.25, -0.2) is 9.37 Å². The molecular weight excluding hydrogens is 383 g/mol. The molecule has 0 amide bonds. The normalized spacial score (nSPS) is 14.9. The van der Waals surface area contributed by atoms with Gasteiger partial charge in [0.2, 0.25) is 0 Å². The monoisotopic (exact) mass is 398 g/mol. The van der Waals surface area contributed by atoms with E-state index in [1.807, 2.05) is 24.4 Å². The van der Waals surface area contributed by atoms with Crippen LogP contribution in [-0.2, 0) is 7.05 Å². The maximum atomic E-state index is 14.5. The first-order valence-corrected chi connectivity index (χ1v) is 9.91. The van der Waals surface area contributed by atoms with E-state index < -0.39 is 0 Å². The number of nitrogens with zero attached hydrogens (tertiary/aromatic N) is 3. The van der Waals surface area contributed by atoms with Gasteiger partial charge in [0.15, 0.2) is 5.82 Å². The molecule has 0 unspecified atom stereocenters. The third-order valence-electron chi connectivity index (χ3n) is 4.80. The van der Waals surface area contributed by atoms with Crippen molar-refractivity contribution in [2.45, 2.75) is 6.42 Å². The number of rotatable bonds is 2. The molecule has 2 aromatic carbocycles. The molecule has 0 aliphatic carbocycles. The first-order chi connectivity index (χ1) is 13.1. The summed E-state index contributed by atoms with van der Waals surface area (Å²) in [5.74, 6) is -0.329. The van der Waals surface area contributed by atoms with Gasteiger partial charge in [0, 0.05) is 25.2 Å². The third kappa shape index (κ3) is 2.94. The quantitative estimate of drug-likeness (QED) is 0.515. The molecule has 1 aliphatic rings. The van der Waals surface area contributed by atoms with Crippen LogP contribution < -0.4 is 5.32 Å². The molecular formula is C20H16ClFN4S. The van der Waals surface area contributed by atoms with Gasteiger partial charge in [0.05, 0.1) is 9.72 Å². The van der Waals surface area contributed by atoms with Gasteiger partial charge >= 0.3 is 0 Å². The highest BCUT2D eigenvalue weighted by atomic mass is 35.5. The van der Waals surface area contributed by atoms with E-state index in [-0.39, 0.29) is 5.82 Å². The number of hydrogen-bond donors (Lipinski definition) is 1. The Kier molecular flexibility index (Phi) is 4.00. The first kappa shape index (κ1) is 16.9. The zero-order valence-electron chi connectivity index (χ0n) is 14.6. The fraction of sp³-hybridized carbons (Fsp3) is 0.200. The molecule has 7 heteroatoms. The number of nitrogens with one attached hydrogen (secondary N) is 1. The summed E-state index contributed by atoms with van der Waals surface area (Å²) in [6.45, 7) is 1.83. The van der Waals surface area contributed by atoms with Crippen LogP contribution in [0.1, 0.15) is 11.4 Å². The van der Waals surface area contributed by atoms with Crippen molar-refractivity contribution in [3.05, 3.63) is 52.4 Å². The number of aryl methyl sites for hydroxylation is 1. The molecule has 0 saturated carbocycles. The minimum atomic E-state index is -0.329. The number of hydrogen-bond acceptors (Lipinski definition) is 4. The highest BCUT2D eigenvalue weighted by molar-refractivity contribution is 7.19. The molecule has 0 bridgehead atoms. The van der Waals surface area contributed by atoms with Crippen LogP contribution in [0.5, 0.6) is 0 Å². The molecule has 0 atom stereocenters. The summed E-state index contributed by atoms with van der Waals surface area (Å²) in [4.78, 5) is 4.74. The maximum absolute atomic E-state index is 14.5. The van der Waals surface area contributed by atoms with E-state index in [2.05, 4.69) is 16.5 Å². The zero-order valence-corrected chi connectivity index (χ0v) is 16.2. The van der Waals surface area contributed by atoms with Gasteiger partial charge in [-0.2, -0.15) is 5.10 Å². The van der Waals surface area contributed by atoms with Crippen LogP contribution in [0.15, 0.2) is 36.5 Å². The van der Waals surface area contributed by atoms with Crippen molar-refractivity contribution >= 4 is 49.6 Å². The Labute approximate surface area is 164 Å². The predicted molar refractivity (Wildman–Crippen MR) is 110 cm³/mol. The molecule has 4 nitrogen and oxygen atoms in total. The molecule has 0 spiro atoms. The lowest BCUT2D eigenvalue weighted by Gasteiger charge is -2.10. The van der Waals surface area contributed by atoms with Gasteiger partial charge in [-0.15, -0.1) is 11.3 Å². The lowest BCUT2D eigenvalue weighted by Crippen LogP contribution is -2.19. The summed E-state index contributed by atoms with van der Waals surface area (Å²) in [5.41, 5.74) is 4.11. The molecule has 1 N–H and O–H groups in total. The van der Waals surface area contributed by atoms with Gasteiger partial charge in [-0.1, -0.05) is 17.7 Å². The Balaban J connectivity index is 1.64. The van der Waals surface area contributed by atoms with E-state index in [9.17, 15) is 4.39 Å². The number of thiazole rings is 1. The molecule has 27 heavy (non-hydrogen) atoms. The Hall–Kier alpha value is -2.28. The number of benzene rings is 2. The van der Waals surface area contributed by atoms with Gasteiger partial charge in [-0.3, -0.25) is 4.68 Å². The standard InChI is InChI=1S/C20H16ClFN4S/c1-26-10-14-6-12(8-16(22)18(14)25-26)13-7-15(21)19-17(9-13)27-20(24-19)11-2-4-23-5-3-11/h2,6-10,23H,3-5H2,1H3. The largest absolute Gasteiger partial charge is 0.313 e. The molecule has 0 saturated heterocycles. The molecule has 5 rings (SSSR count). The van der Waals surface area contributed by atoms with Crippen molar-refractivity contribution in [1.82, 2.24) is 20.1 Å². The Morgan fingerprint density at radius 1 is 1.19 bits per heavy atom. The Bertz CT molecular complexity index is 1220.